The van der Waals surface area contributed by atoms with Crippen molar-refractivity contribution >= 4 is 11.5 Å². The first kappa shape index (κ1) is 9.85. The summed E-state index contributed by atoms with van der Waals surface area (Å²) in [5.41, 5.74) is 1.77. The molecule has 1 N–H and O–H groups in total. The zero-order valence-electron chi connectivity index (χ0n) is 9.11. The maximum absolute atomic E-state index is 12.0. The van der Waals surface area contributed by atoms with Crippen molar-refractivity contribution in [2.45, 2.75) is 31.4 Å². The highest BCUT2D eigenvalue weighted by atomic mass is 16.5. The number of nitrogens with one attached hydrogen (secondary N) is 1. The summed E-state index contributed by atoms with van der Waals surface area (Å²) in [6.07, 6.45) is 2.94. The molecule has 0 aliphatic carbocycles. The third-order valence-electron chi connectivity index (χ3n) is 3.39. The lowest BCUT2D eigenvalue weighted by atomic mass is 9.93. The van der Waals surface area contributed by atoms with Crippen molar-refractivity contribution in [3.05, 3.63) is 29.8 Å². The Morgan fingerprint density at radius 3 is 3.00 bits per heavy atom. The number of para-hydroxylation sites is 1. The van der Waals surface area contributed by atoms with E-state index in [1.807, 2.05) is 24.3 Å². The van der Waals surface area contributed by atoms with Gasteiger partial charge in [0.2, 0.25) is 0 Å². The van der Waals surface area contributed by atoms with Gasteiger partial charge in [0, 0.05) is 24.3 Å². The first-order valence-electron chi connectivity index (χ1n) is 5.85. The largest absolute Gasteiger partial charge is 0.379 e. The zero-order valence-corrected chi connectivity index (χ0v) is 9.11. The molecule has 2 heterocycles. The van der Waals surface area contributed by atoms with Crippen molar-refractivity contribution < 1.29 is 9.53 Å². The summed E-state index contributed by atoms with van der Waals surface area (Å²) in [6, 6.07) is 7.87. The molecule has 0 bridgehead atoms. The van der Waals surface area contributed by atoms with Crippen LogP contribution in [0.25, 0.3) is 0 Å². The van der Waals surface area contributed by atoms with Crippen molar-refractivity contribution in [2.24, 2.45) is 0 Å². The molecule has 0 aromatic heterocycles. The summed E-state index contributed by atoms with van der Waals surface area (Å²) in [4.78, 5) is 12.0. The highest BCUT2D eigenvalue weighted by molar-refractivity contribution is 6.03. The molecule has 1 aromatic carbocycles. The molecule has 0 amide bonds. The second-order valence-electron chi connectivity index (χ2n) is 4.48. The molecule has 1 aromatic rings. The number of rotatable bonds is 1. The third-order valence-corrected chi connectivity index (χ3v) is 3.39. The Morgan fingerprint density at radius 2 is 2.19 bits per heavy atom. The molecule has 3 rings (SSSR count). The van der Waals surface area contributed by atoms with E-state index in [0.717, 1.165) is 30.7 Å². The van der Waals surface area contributed by atoms with Gasteiger partial charge in [0.05, 0.1) is 12.1 Å². The summed E-state index contributed by atoms with van der Waals surface area (Å²) in [5, 5.41) is 3.42. The zero-order chi connectivity index (χ0) is 11.0. The molecule has 0 spiro atoms. The van der Waals surface area contributed by atoms with E-state index in [4.69, 9.17) is 4.74 Å². The van der Waals surface area contributed by atoms with Gasteiger partial charge in [0.25, 0.3) is 0 Å². The van der Waals surface area contributed by atoms with E-state index in [-0.39, 0.29) is 17.9 Å². The summed E-state index contributed by atoms with van der Waals surface area (Å²) >= 11 is 0. The summed E-state index contributed by atoms with van der Waals surface area (Å²) in [6.45, 7) is 0.832. The molecule has 1 fully saturated rings. The molecule has 3 nitrogen and oxygen atoms in total. The molecule has 3 heteroatoms. The number of benzene rings is 1. The first-order chi connectivity index (χ1) is 7.84. The predicted molar refractivity (Wildman–Crippen MR) is 61.8 cm³/mol. The van der Waals surface area contributed by atoms with Crippen LogP contribution in [0.3, 0.4) is 0 Å². The second-order valence-corrected chi connectivity index (χ2v) is 4.48. The Balaban J connectivity index is 1.85. The fourth-order valence-corrected chi connectivity index (χ4v) is 2.56. The highest BCUT2D eigenvalue weighted by Gasteiger charge is 2.32. The molecule has 84 valence electrons. The first-order valence-corrected chi connectivity index (χ1v) is 5.85. The van der Waals surface area contributed by atoms with Crippen LogP contribution in [0.2, 0.25) is 0 Å². The van der Waals surface area contributed by atoms with Crippen LogP contribution >= 0.6 is 0 Å². The smallest absolute Gasteiger partial charge is 0.167 e. The van der Waals surface area contributed by atoms with Crippen molar-refractivity contribution in [3.63, 3.8) is 0 Å². The Morgan fingerprint density at radius 1 is 1.31 bits per heavy atom. The van der Waals surface area contributed by atoms with E-state index >= 15 is 0 Å². The van der Waals surface area contributed by atoms with Crippen LogP contribution in [0.5, 0.6) is 0 Å². The van der Waals surface area contributed by atoms with E-state index in [0.29, 0.717) is 6.42 Å². The number of carbonyl (C=O) groups excluding carboxylic acids is 1. The fourth-order valence-electron chi connectivity index (χ4n) is 2.56. The van der Waals surface area contributed by atoms with Crippen molar-refractivity contribution in [2.75, 3.05) is 11.9 Å². The van der Waals surface area contributed by atoms with Crippen LogP contribution < -0.4 is 5.32 Å². The molecule has 2 aliphatic rings. The predicted octanol–water partition coefficient (Wildman–Crippen LogP) is 2.23. The fraction of sp³-hybridized carbons (Fsp3) is 0.462. The number of hydrogen-bond donors (Lipinski definition) is 1. The maximum Gasteiger partial charge on any atom is 0.167 e. The molecule has 16 heavy (non-hydrogen) atoms. The number of carbonyl (C=O) groups is 1. The summed E-state index contributed by atoms with van der Waals surface area (Å²) < 4.78 is 5.64. The van der Waals surface area contributed by atoms with E-state index in [1.54, 1.807) is 0 Å². The molecule has 2 aliphatic heterocycles. The minimum Gasteiger partial charge on any atom is -0.379 e. The van der Waals surface area contributed by atoms with E-state index in [2.05, 4.69) is 5.32 Å². The normalized spacial score (nSPS) is 28.6. The minimum absolute atomic E-state index is 0.157. The molecule has 0 radical (unpaired) electrons. The number of hydrogen-bond acceptors (Lipinski definition) is 3. The van der Waals surface area contributed by atoms with Crippen LogP contribution in [0.15, 0.2) is 24.3 Å². The van der Waals surface area contributed by atoms with Gasteiger partial charge in [-0.2, -0.15) is 0 Å². The summed E-state index contributed by atoms with van der Waals surface area (Å²) in [5.74, 6) is 0.231. The topological polar surface area (TPSA) is 38.3 Å². The van der Waals surface area contributed by atoms with Crippen LogP contribution in [0.1, 0.15) is 29.6 Å². The number of Topliss-reactive ketones (excluding diaryl/α,β-unsaturated/α-hetero) is 1. The lowest BCUT2D eigenvalue weighted by molar-refractivity contribution is 0.0792. The van der Waals surface area contributed by atoms with Gasteiger partial charge in [-0.05, 0) is 25.0 Å². The SMILES string of the molecule is O=C1CC(C2CCCO2)Nc2ccccc21. The van der Waals surface area contributed by atoms with Crippen molar-refractivity contribution in [1.29, 1.82) is 0 Å². The number of anilines is 1. The Bertz CT molecular complexity index is 410. The number of ketones is 1. The van der Waals surface area contributed by atoms with Crippen LogP contribution in [0.4, 0.5) is 5.69 Å². The highest BCUT2D eigenvalue weighted by Crippen LogP contribution is 2.29. The molecule has 2 unspecified atom stereocenters. The van der Waals surface area contributed by atoms with Crippen molar-refractivity contribution in [3.8, 4) is 0 Å². The second kappa shape index (κ2) is 3.91. The Kier molecular flexibility index (Phi) is 2.40. The standard InChI is InChI=1S/C13H15NO2/c15-12-8-11(13-6-3-7-16-13)14-10-5-2-1-4-9(10)12/h1-2,4-5,11,13-14H,3,6-8H2. The van der Waals surface area contributed by atoms with Gasteiger partial charge in [-0.25, -0.2) is 0 Å². The lowest BCUT2D eigenvalue weighted by Crippen LogP contribution is -2.38. The molecular formula is C13H15NO2. The van der Waals surface area contributed by atoms with Gasteiger partial charge in [-0.3, -0.25) is 4.79 Å². The third kappa shape index (κ3) is 1.61. The molecule has 2 atom stereocenters. The van der Waals surface area contributed by atoms with Gasteiger partial charge < -0.3 is 10.1 Å². The quantitative estimate of drug-likeness (QED) is 0.784. The Labute approximate surface area is 94.8 Å². The van der Waals surface area contributed by atoms with Gasteiger partial charge in [0.1, 0.15) is 0 Å². The average molecular weight is 217 g/mol. The van der Waals surface area contributed by atoms with Crippen LogP contribution in [0, 0.1) is 0 Å². The van der Waals surface area contributed by atoms with E-state index in [9.17, 15) is 4.79 Å². The van der Waals surface area contributed by atoms with E-state index < -0.39 is 0 Å². The monoisotopic (exact) mass is 217 g/mol. The summed E-state index contributed by atoms with van der Waals surface area (Å²) in [7, 11) is 0. The van der Waals surface area contributed by atoms with Gasteiger partial charge in [0.15, 0.2) is 5.78 Å². The van der Waals surface area contributed by atoms with E-state index in [1.165, 1.54) is 0 Å². The Hall–Kier alpha value is -1.35. The van der Waals surface area contributed by atoms with Gasteiger partial charge in [-0.1, -0.05) is 12.1 Å². The van der Waals surface area contributed by atoms with Gasteiger partial charge in [-0.15, -0.1) is 0 Å². The van der Waals surface area contributed by atoms with Crippen LogP contribution in [-0.2, 0) is 4.74 Å². The maximum atomic E-state index is 12.0. The number of fused-ring (bicyclic) bond motifs is 1. The number of ether oxygens (including phenoxy) is 1. The molecule has 1 saturated heterocycles. The van der Waals surface area contributed by atoms with Crippen LogP contribution in [-0.4, -0.2) is 24.5 Å². The minimum atomic E-state index is 0.157. The molecular weight excluding hydrogens is 202 g/mol. The molecule has 0 saturated carbocycles. The van der Waals surface area contributed by atoms with Gasteiger partial charge >= 0.3 is 0 Å². The van der Waals surface area contributed by atoms with Crippen molar-refractivity contribution in [1.82, 2.24) is 0 Å². The average Bonchev–Trinajstić information content (AvgIpc) is 2.82. The lowest BCUT2D eigenvalue weighted by Gasteiger charge is -2.29.